The van der Waals surface area contributed by atoms with Crippen molar-refractivity contribution in [3.63, 3.8) is 0 Å². The van der Waals surface area contributed by atoms with Gasteiger partial charge in [-0.05, 0) is 13.3 Å². The largest absolute Gasteiger partial charge is 0.511 e. The minimum Gasteiger partial charge on any atom is -0.481 e. The first-order chi connectivity index (χ1) is 6.56. The molecule has 0 aliphatic carbocycles. The summed E-state index contributed by atoms with van der Waals surface area (Å²) < 4.78 is 57.9. The fourth-order valence-corrected chi connectivity index (χ4v) is 1.51. The monoisotopic (exact) mass is 249 g/mol. The smallest absolute Gasteiger partial charge is 0.481 e. The lowest BCUT2D eigenvalue weighted by atomic mass is 10.2. The van der Waals surface area contributed by atoms with Crippen LogP contribution in [0.15, 0.2) is 0 Å². The maximum atomic E-state index is 11.8. The number of halogens is 3. The van der Waals surface area contributed by atoms with Gasteiger partial charge in [0.05, 0.1) is 0 Å². The van der Waals surface area contributed by atoms with Crippen LogP contribution in [0, 0.1) is 0 Å². The lowest BCUT2D eigenvalue weighted by Gasteiger charge is -2.14. The van der Waals surface area contributed by atoms with Gasteiger partial charge in [0.1, 0.15) is 0 Å². The van der Waals surface area contributed by atoms with Crippen LogP contribution in [-0.4, -0.2) is 31.0 Å². The van der Waals surface area contributed by atoms with Crippen molar-refractivity contribution < 1.29 is 31.5 Å². The molecule has 0 rings (SSSR count). The van der Waals surface area contributed by atoms with Crippen LogP contribution in [0.2, 0.25) is 0 Å². The van der Waals surface area contributed by atoms with Crippen LogP contribution >= 0.6 is 0 Å². The second-order valence-corrected chi connectivity index (χ2v) is 4.61. The van der Waals surface area contributed by atoms with Crippen molar-refractivity contribution in [2.75, 3.05) is 0 Å². The molecule has 0 spiro atoms. The van der Waals surface area contributed by atoms with E-state index in [9.17, 15) is 26.4 Å². The second kappa shape index (κ2) is 4.79. The lowest BCUT2D eigenvalue weighted by molar-refractivity contribution is -0.137. The number of alkyl halides is 3. The summed E-state index contributed by atoms with van der Waals surface area (Å²) in [6.45, 7) is 1.16. The van der Waals surface area contributed by atoms with Crippen molar-refractivity contribution in [1.29, 1.82) is 0 Å². The van der Waals surface area contributed by atoms with Crippen LogP contribution in [-0.2, 0) is 14.8 Å². The number of hydrogen-bond acceptors (Lipinski definition) is 3. The van der Waals surface area contributed by atoms with Crippen LogP contribution in [0.5, 0.6) is 0 Å². The Morgan fingerprint density at radius 1 is 1.47 bits per heavy atom. The van der Waals surface area contributed by atoms with Gasteiger partial charge in [0.25, 0.3) is 0 Å². The molecule has 0 fully saturated rings. The van der Waals surface area contributed by atoms with E-state index in [4.69, 9.17) is 5.11 Å². The zero-order valence-electron chi connectivity index (χ0n) is 7.71. The molecule has 0 saturated carbocycles. The Bertz CT molecular complexity index is 324. The highest BCUT2D eigenvalue weighted by Crippen LogP contribution is 2.22. The van der Waals surface area contributed by atoms with Gasteiger partial charge in [-0.15, -0.1) is 0 Å². The summed E-state index contributed by atoms with van der Waals surface area (Å²) >= 11 is 0. The van der Waals surface area contributed by atoms with Gasteiger partial charge in [0.2, 0.25) is 0 Å². The van der Waals surface area contributed by atoms with Crippen molar-refractivity contribution in [3.05, 3.63) is 0 Å². The van der Waals surface area contributed by atoms with E-state index in [0.717, 1.165) is 6.92 Å². The summed E-state index contributed by atoms with van der Waals surface area (Å²) in [7, 11) is -5.39. The Morgan fingerprint density at radius 3 is 2.27 bits per heavy atom. The molecule has 90 valence electrons. The third-order valence-corrected chi connectivity index (χ3v) is 2.77. The molecule has 0 saturated heterocycles. The lowest BCUT2D eigenvalue weighted by Crippen LogP contribution is -2.41. The molecule has 0 aromatic carbocycles. The predicted octanol–water partition coefficient (Wildman–Crippen LogP) is 0.679. The van der Waals surface area contributed by atoms with Crippen molar-refractivity contribution >= 4 is 16.0 Å². The van der Waals surface area contributed by atoms with Crippen LogP contribution in [0.25, 0.3) is 0 Å². The average Bonchev–Trinajstić information content (AvgIpc) is 1.97. The fraction of sp³-hybridized carbons (Fsp3) is 0.833. The number of rotatable bonds is 5. The second-order valence-electron chi connectivity index (χ2n) is 2.90. The molecule has 15 heavy (non-hydrogen) atoms. The summed E-state index contributed by atoms with van der Waals surface area (Å²) in [5.74, 6) is -1.20. The van der Waals surface area contributed by atoms with Gasteiger partial charge < -0.3 is 5.11 Å². The highest BCUT2D eigenvalue weighted by atomic mass is 32.2. The van der Waals surface area contributed by atoms with Gasteiger partial charge in [0.15, 0.2) is 0 Å². The SMILES string of the molecule is CC(CCC(=O)O)NS(=O)(=O)C(F)(F)F. The molecule has 2 N–H and O–H groups in total. The van der Waals surface area contributed by atoms with Crippen molar-refractivity contribution in [2.24, 2.45) is 0 Å². The molecule has 1 unspecified atom stereocenters. The molecule has 0 radical (unpaired) electrons. The zero-order valence-corrected chi connectivity index (χ0v) is 8.52. The average molecular weight is 249 g/mol. The summed E-state index contributed by atoms with van der Waals surface area (Å²) in [6, 6.07) is -1.08. The number of hydrogen-bond donors (Lipinski definition) is 2. The normalized spacial score (nSPS) is 14.9. The van der Waals surface area contributed by atoms with E-state index in [-0.39, 0.29) is 6.42 Å². The van der Waals surface area contributed by atoms with Gasteiger partial charge in [-0.25, -0.2) is 13.1 Å². The topological polar surface area (TPSA) is 83.5 Å². The van der Waals surface area contributed by atoms with Crippen molar-refractivity contribution in [3.8, 4) is 0 Å². The Balaban J connectivity index is 4.30. The predicted molar refractivity (Wildman–Crippen MR) is 44.4 cm³/mol. The van der Waals surface area contributed by atoms with Gasteiger partial charge >= 0.3 is 21.5 Å². The molecule has 0 bridgehead atoms. The first-order valence-electron chi connectivity index (χ1n) is 3.86. The molecule has 0 aliphatic heterocycles. The van der Waals surface area contributed by atoms with Gasteiger partial charge in [-0.3, -0.25) is 4.79 Å². The first-order valence-corrected chi connectivity index (χ1v) is 5.35. The number of carbonyl (C=O) groups is 1. The minimum atomic E-state index is -5.39. The number of carboxylic acids is 1. The third kappa shape index (κ3) is 4.98. The summed E-state index contributed by atoms with van der Waals surface area (Å²) in [5, 5.41) is 8.22. The standard InChI is InChI=1S/C6H10F3NO4S/c1-4(2-3-5(11)12)10-15(13,14)6(7,8)9/h4,10H,2-3H2,1H3,(H,11,12). The Hall–Kier alpha value is -0.830. The van der Waals surface area contributed by atoms with Crippen LogP contribution in [0.4, 0.5) is 13.2 Å². The summed E-state index contributed by atoms with van der Waals surface area (Å²) in [5.41, 5.74) is -5.37. The highest BCUT2D eigenvalue weighted by Gasteiger charge is 2.46. The molecule has 0 heterocycles. The minimum absolute atomic E-state index is 0.204. The number of aliphatic carboxylic acids is 1. The molecule has 0 aliphatic rings. The van der Waals surface area contributed by atoms with Gasteiger partial charge in [-0.1, -0.05) is 0 Å². The Kier molecular flexibility index (Phi) is 4.53. The molecular formula is C6H10F3NO4S. The van der Waals surface area contributed by atoms with Crippen molar-refractivity contribution in [1.82, 2.24) is 4.72 Å². The zero-order chi connectivity index (χ0) is 12.3. The van der Waals surface area contributed by atoms with Crippen LogP contribution < -0.4 is 4.72 Å². The van der Waals surface area contributed by atoms with E-state index in [0.29, 0.717) is 0 Å². The maximum absolute atomic E-state index is 11.8. The molecule has 0 aromatic heterocycles. The van der Waals surface area contributed by atoms with E-state index >= 15 is 0 Å². The molecule has 1 atom stereocenters. The van der Waals surface area contributed by atoms with Gasteiger partial charge in [-0.2, -0.15) is 13.2 Å². The summed E-state index contributed by atoms with van der Waals surface area (Å²) in [4.78, 5) is 10.1. The maximum Gasteiger partial charge on any atom is 0.511 e. The fourth-order valence-electron chi connectivity index (χ4n) is 0.731. The number of sulfonamides is 1. The highest BCUT2D eigenvalue weighted by molar-refractivity contribution is 7.90. The quantitative estimate of drug-likeness (QED) is 0.750. The van der Waals surface area contributed by atoms with E-state index in [1.54, 1.807) is 0 Å². The Labute approximate surface area is 84.3 Å². The molecule has 9 heteroatoms. The molecule has 0 amide bonds. The number of carboxylic acid groups (broad SMARTS) is 1. The van der Waals surface area contributed by atoms with E-state index in [1.807, 2.05) is 0 Å². The number of nitrogens with one attached hydrogen (secondary N) is 1. The van der Waals surface area contributed by atoms with E-state index in [1.165, 1.54) is 4.72 Å². The van der Waals surface area contributed by atoms with E-state index < -0.39 is 34.0 Å². The van der Waals surface area contributed by atoms with Crippen molar-refractivity contribution in [2.45, 2.75) is 31.3 Å². The van der Waals surface area contributed by atoms with Gasteiger partial charge in [0, 0.05) is 12.5 Å². The van der Waals surface area contributed by atoms with Crippen LogP contribution in [0.1, 0.15) is 19.8 Å². The molecule has 0 aromatic rings. The summed E-state index contributed by atoms with van der Waals surface area (Å²) in [6.07, 6.45) is -0.605. The first kappa shape index (κ1) is 14.2. The molecule has 5 nitrogen and oxygen atoms in total. The Morgan fingerprint density at radius 2 is 1.93 bits per heavy atom. The molecular weight excluding hydrogens is 239 g/mol. The third-order valence-electron chi connectivity index (χ3n) is 1.45. The van der Waals surface area contributed by atoms with Crippen LogP contribution in [0.3, 0.4) is 0 Å². The van der Waals surface area contributed by atoms with E-state index in [2.05, 4.69) is 0 Å².